The molecular weight excluding hydrogens is 1060 g/mol. The predicted molar refractivity (Wildman–Crippen MR) is 269 cm³/mol. The molecule has 0 bridgehead atoms. The van der Waals surface area contributed by atoms with Gasteiger partial charge in [0.1, 0.15) is 28.9 Å². The average Bonchev–Trinajstić information content (AvgIpc) is 3.33. The molecule has 0 radical (unpaired) electrons. The zero-order valence-electron chi connectivity index (χ0n) is 40.1. The summed E-state index contributed by atoms with van der Waals surface area (Å²) in [4.78, 5) is 41.2. The Hall–Kier alpha value is -4.94. The van der Waals surface area contributed by atoms with Crippen LogP contribution in [0.25, 0.3) is 0 Å². The van der Waals surface area contributed by atoms with E-state index in [0.29, 0.717) is 32.7 Å². The highest BCUT2D eigenvalue weighted by Crippen LogP contribution is 2.30. The number of methoxy groups -OCH3 is 2. The van der Waals surface area contributed by atoms with Crippen LogP contribution in [0.3, 0.4) is 0 Å². The SMILES string of the molecule is COC(=O)c1ccc(CN(c2ccc(F)c(Cl)c2)S(=O)(=O)CCN2CCN(C(=O)OC(C)(C)C)CC2)c(F)c1.COC(=O)c1ccc(CN(c2ccc(F)c(Cl)c2)S(=O)(=O)CCN2CCNCC2)c(F)c1.Cl. The zero-order chi connectivity index (χ0) is 52.3. The van der Waals surface area contributed by atoms with Gasteiger partial charge in [-0.15, -0.1) is 12.4 Å². The molecule has 4 aromatic rings. The van der Waals surface area contributed by atoms with Gasteiger partial charge in [0.15, 0.2) is 0 Å². The quantitative estimate of drug-likeness (QED) is 0.0670. The van der Waals surface area contributed by atoms with Gasteiger partial charge < -0.3 is 24.4 Å². The lowest BCUT2D eigenvalue weighted by Gasteiger charge is -2.36. The Bertz CT molecular complexity index is 2770. The smallest absolute Gasteiger partial charge is 0.410 e. The minimum atomic E-state index is -4.06. The third kappa shape index (κ3) is 16.8. The normalized spacial score (nSPS) is 14.6. The molecule has 0 aliphatic carbocycles. The molecule has 0 spiro atoms. The fourth-order valence-corrected chi connectivity index (χ4v) is 10.6. The Balaban J connectivity index is 0.000000314. The minimum Gasteiger partial charge on any atom is -0.465 e. The van der Waals surface area contributed by atoms with Gasteiger partial charge in [0, 0.05) is 76.6 Å². The van der Waals surface area contributed by atoms with Crippen molar-refractivity contribution in [3.63, 3.8) is 0 Å². The number of benzene rings is 4. The lowest BCUT2D eigenvalue weighted by atomic mass is 10.1. The van der Waals surface area contributed by atoms with E-state index in [4.69, 9.17) is 27.9 Å². The molecule has 2 aliphatic rings. The van der Waals surface area contributed by atoms with Crippen LogP contribution in [0, 0.1) is 23.3 Å². The molecule has 6 rings (SSSR count). The van der Waals surface area contributed by atoms with Crippen LogP contribution < -0.4 is 13.9 Å². The maximum absolute atomic E-state index is 14.9. The Morgan fingerprint density at radius 2 is 1.01 bits per heavy atom. The van der Waals surface area contributed by atoms with Gasteiger partial charge in [-0.05, 0) is 81.4 Å². The first-order valence-electron chi connectivity index (χ1n) is 22.2. The van der Waals surface area contributed by atoms with Crippen molar-refractivity contribution in [1.29, 1.82) is 0 Å². The van der Waals surface area contributed by atoms with Crippen molar-refractivity contribution in [3.8, 4) is 0 Å². The summed E-state index contributed by atoms with van der Waals surface area (Å²) in [6, 6.07) is 14.2. The number of ether oxygens (including phenoxy) is 3. The molecule has 72 heavy (non-hydrogen) atoms. The van der Waals surface area contributed by atoms with E-state index in [1.807, 2.05) is 9.80 Å². The molecule has 4 aromatic carbocycles. The minimum absolute atomic E-state index is 0. The molecular formula is C47H57Cl3F4N6O10S2. The second-order valence-electron chi connectivity index (χ2n) is 17.3. The first-order chi connectivity index (χ1) is 33.4. The molecule has 0 atom stereocenters. The third-order valence-corrected chi connectivity index (χ3v) is 15.2. The third-order valence-electron chi connectivity index (χ3n) is 11.2. The van der Waals surface area contributed by atoms with Crippen LogP contribution >= 0.6 is 35.6 Å². The molecule has 2 heterocycles. The molecule has 0 aromatic heterocycles. The van der Waals surface area contributed by atoms with Gasteiger partial charge in [-0.1, -0.05) is 35.3 Å². The highest BCUT2D eigenvalue weighted by atomic mass is 35.5. The molecule has 0 unspecified atom stereocenters. The van der Waals surface area contributed by atoms with Crippen molar-refractivity contribution in [2.45, 2.75) is 39.5 Å². The summed E-state index contributed by atoms with van der Waals surface area (Å²) in [6.45, 7) is 9.69. The molecule has 1 amide bonds. The lowest BCUT2D eigenvalue weighted by molar-refractivity contribution is 0.0149. The van der Waals surface area contributed by atoms with E-state index in [2.05, 4.69) is 14.8 Å². The topological polar surface area (TPSA) is 175 Å². The molecule has 1 N–H and O–H groups in total. The number of halogens is 7. The lowest BCUT2D eigenvalue weighted by Crippen LogP contribution is -2.51. The maximum Gasteiger partial charge on any atom is 0.410 e. The monoisotopic (exact) mass is 1110 g/mol. The highest BCUT2D eigenvalue weighted by molar-refractivity contribution is 7.93. The number of nitrogens with zero attached hydrogens (tertiary/aromatic N) is 5. The molecule has 396 valence electrons. The number of hydrogen-bond acceptors (Lipinski definition) is 13. The number of esters is 2. The van der Waals surface area contributed by atoms with E-state index < -0.39 is 73.5 Å². The molecule has 16 nitrogen and oxygen atoms in total. The largest absolute Gasteiger partial charge is 0.465 e. The summed E-state index contributed by atoms with van der Waals surface area (Å²) in [7, 11) is -5.63. The number of piperazine rings is 2. The standard InChI is InChI=1S/C26H32ClF2N3O6S.C21H24ClF2N3O4S.ClH/c1-26(2,3)38-25(34)31-11-9-30(10-12-31)13-14-39(35,36)32(20-7-8-22(28)21(27)16-20)17-19-6-5-18(15-23(19)29)24(33)37-4;1-31-21(28)15-2-3-16(20(24)12-15)14-27(17-4-5-19(23)18(22)13-17)32(29,30)11-10-26-8-6-25-7-9-26;/h5-8,15-16H,9-14,17H2,1-4H3;2-5,12-13,25H,6-11,14H2,1H3;1H. The molecule has 25 heteroatoms. The summed E-state index contributed by atoms with van der Waals surface area (Å²) in [5.41, 5.74) is -0.411. The summed E-state index contributed by atoms with van der Waals surface area (Å²) in [6.07, 6.45) is -0.422. The Morgan fingerprint density at radius 1 is 0.611 bits per heavy atom. The number of nitrogens with one attached hydrogen (secondary N) is 1. The van der Waals surface area contributed by atoms with Gasteiger partial charge in [-0.25, -0.2) is 48.8 Å². The number of anilines is 2. The van der Waals surface area contributed by atoms with Crippen molar-refractivity contribution >= 4 is 85.1 Å². The maximum atomic E-state index is 14.9. The fraction of sp³-hybridized carbons (Fsp3) is 0.426. The van der Waals surface area contributed by atoms with Crippen molar-refractivity contribution in [1.82, 2.24) is 20.0 Å². The van der Waals surface area contributed by atoms with Crippen LogP contribution in [0.4, 0.5) is 33.7 Å². The van der Waals surface area contributed by atoms with Crippen LogP contribution in [0.15, 0.2) is 72.8 Å². The van der Waals surface area contributed by atoms with Crippen molar-refractivity contribution in [3.05, 3.63) is 128 Å². The number of carbonyl (C=O) groups excluding carboxylic acids is 3. The first kappa shape index (κ1) is 59.6. The van der Waals surface area contributed by atoms with Gasteiger partial charge in [0.2, 0.25) is 20.0 Å². The summed E-state index contributed by atoms with van der Waals surface area (Å²) < 4.78 is 127. The van der Waals surface area contributed by atoms with E-state index in [0.717, 1.165) is 72.2 Å². The highest BCUT2D eigenvalue weighted by Gasteiger charge is 2.30. The van der Waals surface area contributed by atoms with Crippen LogP contribution in [-0.2, 0) is 47.3 Å². The second-order valence-corrected chi connectivity index (χ2v) is 22.2. The van der Waals surface area contributed by atoms with Crippen LogP contribution in [0.5, 0.6) is 0 Å². The second kappa shape index (κ2) is 26.3. The predicted octanol–water partition coefficient (Wildman–Crippen LogP) is 7.36. The summed E-state index contributed by atoms with van der Waals surface area (Å²) in [5, 5.41) is 2.67. The Labute approximate surface area is 433 Å². The Morgan fingerprint density at radius 3 is 1.38 bits per heavy atom. The van der Waals surface area contributed by atoms with Crippen molar-refractivity contribution in [2.24, 2.45) is 0 Å². The van der Waals surface area contributed by atoms with E-state index in [1.54, 1.807) is 25.7 Å². The molecule has 0 saturated carbocycles. The van der Waals surface area contributed by atoms with Gasteiger partial charge in [-0.2, -0.15) is 0 Å². The van der Waals surface area contributed by atoms with E-state index >= 15 is 0 Å². The van der Waals surface area contributed by atoms with Gasteiger partial charge in [-0.3, -0.25) is 18.4 Å². The van der Waals surface area contributed by atoms with Crippen molar-refractivity contribution < 1.29 is 63.0 Å². The molecule has 2 fully saturated rings. The number of sulfonamides is 2. The molecule has 2 aliphatic heterocycles. The number of hydrogen-bond donors (Lipinski definition) is 1. The number of carbonyl (C=O) groups is 3. The van der Waals surface area contributed by atoms with Gasteiger partial charge in [0.05, 0.1) is 71.4 Å². The Kier molecular flexibility index (Phi) is 21.8. The summed E-state index contributed by atoms with van der Waals surface area (Å²) >= 11 is 11.8. The van der Waals surface area contributed by atoms with E-state index in [-0.39, 0.29) is 80.7 Å². The van der Waals surface area contributed by atoms with Crippen molar-refractivity contribution in [2.75, 3.05) is 99.8 Å². The number of rotatable bonds is 16. The van der Waals surface area contributed by atoms with E-state index in [1.165, 1.54) is 49.6 Å². The van der Waals surface area contributed by atoms with Crippen LogP contribution in [-0.4, -0.2) is 146 Å². The van der Waals surface area contributed by atoms with Gasteiger partial charge >= 0.3 is 18.0 Å². The average molecular weight is 1110 g/mol. The first-order valence-corrected chi connectivity index (χ1v) is 26.2. The van der Waals surface area contributed by atoms with Gasteiger partial charge in [0.25, 0.3) is 0 Å². The summed E-state index contributed by atoms with van der Waals surface area (Å²) in [5.74, 6) is -4.95. The van der Waals surface area contributed by atoms with Crippen LogP contribution in [0.2, 0.25) is 10.0 Å². The van der Waals surface area contributed by atoms with Crippen LogP contribution in [0.1, 0.15) is 52.6 Å². The number of amides is 1. The fourth-order valence-electron chi connectivity index (χ4n) is 7.26. The van der Waals surface area contributed by atoms with E-state index in [9.17, 15) is 48.8 Å². The molecule has 2 saturated heterocycles. The zero-order valence-corrected chi connectivity index (χ0v) is 44.1.